The number of hydrogen-bond donors (Lipinski definition) is 2. The Bertz CT molecular complexity index is 1330. The van der Waals surface area contributed by atoms with Crippen molar-refractivity contribution in [3.8, 4) is 17.3 Å². The molecule has 1 unspecified atom stereocenters. The maximum atomic E-state index is 13.2. The lowest BCUT2D eigenvalue weighted by Crippen LogP contribution is -2.49. The van der Waals surface area contributed by atoms with Crippen LogP contribution in [0, 0.1) is 0 Å². The molecule has 3 aromatic heterocycles. The van der Waals surface area contributed by atoms with Crippen molar-refractivity contribution < 1.29 is 18.8 Å². The number of benzene rings is 1. The van der Waals surface area contributed by atoms with Gasteiger partial charge >= 0.3 is 0 Å². The van der Waals surface area contributed by atoms with E-state index >= 15 is 0 Å². The van der Waals surface area contributed by atoms with Gasteiger partial charge in [-0.3, -0.25) is 19.0 Å². The number of carbonyl (C=O) groups is 3. The molecule has 0 radical (unpaired) electrons. The molecule has 1 atom stereocenters. The summed E-state index contributed by atoms with van der Waals surface area (Å²) in [5.41, 5.74) is 1.68. The molecule has 10 nitrogen and oxygen atoms in total. The van der Waals surface area contributed by atoms with Gasteiger partial charge in [0.05, 0.1) is 18.0 Å². The van der Waals surface area contributed by atoms with Gasteiger partial charge in [-0.05, 0) is 30.5 Å². The van der Waals surface area contributed by atoms with Crippen molar-refractivity contribution in [1.29, 1.82) is 0 Å². The van der Waals surface area contributed by atoms with Gasteiger partial charge < -0.3 is 15.1 Å². The molecule has 10 heteroatoms. The predicted octanol–water partition coefficient (Wildman–Crippen LogP) is 2.11. The lowest BCUT2D eigenvalue weighted by atomic mass is 10.0. The molecule has 1 aliphatic rings. The van der Waals surface area contributed by atoms with Gasteiger partial charge in [-0.15, -0.1) is 0 Å². The van der Waals surface area contributed by atoms with Gasteiger partial charge in [0.15, 0.2) is 0 Å². The molecule has 4 aromatic rings. The maximum absolute atomic E-state index is 13.2. The fourth-order valence-electron chi connectivity index (χ4n) is 3.60. The Balaban J connectivity index is 1.36. The van der Waals surface area contributed by atoms with Crippen LogP contribution < -0.4 is 10.6 Å². The van der Waals surface area contributed by atoms with Crippen molar-refractivity contribution in [1.82, 2.24) is 30.2 Å². The summed E-state index contributed by atoms with van der Waals surface area (Å²) >= 11 is 0. The van der Waals surface area contributed by atoms with Crippen molar-refractivity contribution in [3.63, 3.8) is 0 Å². The van der Waals surface area contributed by atoms with Gasteiger partial charge in [0.1, 0.15) is 30.1 Å². The minimum Gasteiger partial charge on any atom is -0.444 e. The quantitative estimate of drug-likeness (QED) is 0.358. The Morgan fingerprint density at radius 1 is 1.06 bits per heavy atom. The normalized spacial score (nSPS) is 13.7. The van der Waals surface area contributed by atoms with Gasteiger partial charge in [0.25, 0.3) is 11.8 Å². The van der Waals surface area contributed by atoms with Gasteiger partial charge in [-0.25, -0.2) is 15.0 Å². The minimum absolute atomic E-state index is 0.0337. The molecule has 0 spiro atoms. The number of rotatable bonds is 9. The first-order valence-electron chi connectivity index (χ1n) is 11.2. The van der Waals surface area contributed by atoms with Gasteiger partial charge in [0.2, 0.25) is 11.7 Å². The monoisotopic (exact) mass is 470 g/mol. The number of ketones is 1. The van der Waals surface area contributed by atoms with Crippen LogP contribution in [-0.2, 0) is 16.0 Å². The molecule has 0 bridgehead atoms. The number of amides is 2. The topological polar surface area (TPSA) is 132 Å². The summed E-state index contributed by atoms with van der Waals surface area (Å²) in [5, 5.41) is 5.43. The molecule has 0 aliphatic heterocycles. The summed E-state index contributed by atoms with van der Waals surface area (Å²) in [6, 6.07) is 11.7. The van der Waals surface area contributed by atoms with Gasteiger partial charge in [-0.1, -0.05) is 30.3 Å². The molecule has 2 amide bonds. The highest BCUT2D eigenvalue weighted by Crippen LogP contribution is 2.19. The predicted molar refractivity (Wildman–Crippen MR) is 124 cm³/mol. The molecule has 176 valence electrons. The van der Waals surface area contributed by atoms with Crippen LogP contribution in [0.3, 0.4) is 0 Å². The zero-order valence-corrected chi connectivity index (χ0v) is 18.6. The summed E-state index contributed by atoms with van der Waals surface area (Å²) < 4.78 is 6.78. The number of hydrogen-bond acceptors (Lipinski definition) is 7. The number of Topliss-reactive ketones (excluding diaryl/α,β-unsaturated/α-hetero) is 1. The van der Waals surface area contributed by atoms with Crippen LogP contribution in [0.25, 0.3) is 17.3 Å². The van der Waals surface area contributed by atoms with E-state index in [0.717, 1.165) is 18.4 Å². The zero-order valence-electron chi connectivity index (χ0n) is 18.6. The van der Waals surface area contributed by atoms with E-state index in [1.165, 1.54) is 23.4 Å². The van der Waals surface area contributed by atoms with E-state index in [0.29, 0.717) is 17.3 Å². The number of nitrogens with zero attached hydrogens (tertiary/aromatic N) is 4. The third-order valence-corrected chi connectivity index (χ3v) is 5.59. The van der Waals surface area contributed by atoms with Gasteiger partial charge in [-0.2, -0.15) is 0 Å². The number of imidazole rings is 1. The molecule has 2 N–H and O–H groups in total. The van der Waals surface area contributed by atoms with Crippen molar-refractivity contribution >= 4 is 17.6 Å². The van der Waals surface area contributed by atoms with Crippen molar-refractivity contribution in [2.45, 2.75) is 31.3 Å². The van der Waals surface area contributed by atoms with Crippen LogP contribution in [0.5, 0.6) is 0 Å². The van der Waals surface area contributed by atoms with E-state index in [2.05, 4.69) is 25.6 Å². The molecule has 0 saturated heterocycles. The van der Waals surface area contributed by atoms with E-state index < -0.39 is 23.6 Å². The SMILES string of the molecule is O=C(NC1CC1)C(=O)C(Cc1ccccc1)NC(=O)c1cncn1-c1ccc(-c2ncco2)cn1. The molecule has 3 heterocycles. The van der Waals surface area contributed by atoms with Crippen molar-refractivity contribution in [2.24, 2.45) is 0 Å². The molecule has 1 aromatic carbocycles. The van der Waals surface area contributed by atoms with Crippen LogP contribution >= 0.6 is 0 Å². The van der Waals surface area contributed by atoms with E-state index in [4.69, 9.17) is 4.42 Å². The molecule has 35 heavy (non-hydrogen) atoms. The van der Waals surface area contributed by atoms with Crippen LogP contribution in [0.2, 0.25) is 0 Å². The summed E-state index contributed by atoms with van der Waals surface area (Å²) in [6.07, 6.45) is 9.32. The third-order valence-electron chi connectivity index (χ3n) is 5.59. The average Bonchev–Trinajstić information content (AvgIpc) is 3.33. The molecule has 1 aliphatic carbocycles. The second-order valence-electron chi connectivity index (χ2n) is 8.22. The molecular weight excluding hydrogens is 448 g/mol. The number of aromatic nitrogens is 4. The van der Waals surface area contributed by atoms with E-state index in [9.17, 15) is 14.4 Å². The lowest BCUT2D eigenvalue weighted by Gasteiger charge is -2.18. The highest BCUT2D eigenvalue weighted by Gasteiger charge is 2.32. The summed E-state index contributed by atoms with van der Waals surface area (Å²) in [6.45, 7) is 0. The maximum Gasteiger partial charge on any atom is 0.289 e. The largest absolute Gasteiger partial charge is 0.444 e. The number of oxazole rings is 1. The third kappa shape index (κ3) is 5.16. The Morgan fingerprint density at radius 3 is 2.57 bits per heavy atom. The summed E-state index contributed by atoms with van der Waals surface area (Å²) in [4.78, 5) is 51.2. The second kappa shape index (κ2) is 9.72. The first-order valence-corrected chi connectivity index (χ1v) is 11.2. The fourth-order valence-corrected chi connectivity index (χ4v) is 3.60. The second-order valence-corrected chi connectivity index (χ2v) is 8.22. The number of carbonyl (C=O) groups excluding carboxylic acids is 3. The average molecular weight is 470 g/mol. The standard InChI is InChI=1S/C25H22N6O4/c32-22(24(34)29-18-7-8-18)19(12-16-4-2-1-3-5-16)30-23(33)20-14-26-15-31(20)21-9-6-17(13-28-21)25-27-10-11-35-25/h1-6,9-11,13-15,18-19H,7-8,12H2,(H,29,34)(H,30,33). The highest BCUT2D eigenvalue weighted by molar-refractivity contribution is 6.38. The molecule has 1 fully saturated rings. The first kappa shape index (κ1) is 22.2. The Hall–Kier alpha value is -4.60. The van der Waals surface area contributed by atoms with Crippen LogP contribution in [-0.4, -0.2) is 49.2 Å². The zero-order chi connectivity index (χ0) is 24.2. The van der Waals surface area contributed by atoms with Crippen LogP contribution in [0.4, 0.5) is 0 Å². The van der Waals surface area contributed by atoms with Crippen molar-refractivity contribution in [3.05, 3.63) is 84.9 Å². The Morgan fingerprint density at radius 2 is 1.89 bits per heavy atom. The smallest absolute Gasteiger partial charge is 0.289 e. The first-order chi connectivity index (χ1) is 17.1. The summed E-state index contributed by atoms with van der Waals surface area (Å²) in [5.74, 6) is -1.05. The lowest BCUT2D eigenvalue weighted by molar-refractivity contribution is -0.139. The number of nitrogens with one attached hydrogen (secondary N) is 2. The van der Waals surface area contributed by atoms with Gasteiger partial charge in [0, 0.05) is 18.7 Å². The van der Waals surface area contributed by atoms with Crippen LogP contribution in [0.1, 0.15) is 28.9 Å². The summed E-state index contributed by atoms with van der Waals surface area (Å²) in [7, 11) is 0. The van der Waals surface area contributed by atoms with E-state index in [-0.39, 0.29) is 18.2 Å². The molecular formula is C25H22N6O4. The highest BCUT2D eigenvalue weighted by atomic mass is 16.3. The number of pyridine rings is 1. The Labute approximate surface area is 200 Å². The molecule has 1 saturated carbocycles. The van der Waals surface area contributed by atoms with E-state index in [1.807, 2.05) is 30.3 Å². The fraction of sp³-hybridized carbons (Fsp3) is 0.200. The van der Waals surface area contributed by atoms with Crippen LogP contribution in [0.15, 0.2) is 78.1 Å². The van der Waals surface area contributed by atoms with Crippen molar-refractivity contribution in [2.75, 3.05) is 0 Å². The van der Waals surface area contributed by atoms with E-state index in [1.54, 1.807) is 24.5 Å². The minimum atomic E-state index is -1.03. The Kier molecular flexibility index (Phi) is 6.16. The molecule has 5 rings (SSSR count).